The first-order valence-corrected chi connectivity index (χ1v) is 6.69. The van der Waals surface area contributed by atoms with Gasteiger partial charge in [-0.15, -0.1) is 0 Å². The average molecular weight is 276 g/mol. The van der Waals surface area contributed by atoms with Crippen LogP contribution < -0.4 is 11.3 Å². The van der Waals surface area contributed by atoms with Gasteiger partial charge < -0.3 is 0 Å². The van der Waals surface area contributed by atoms with E-state index in [0.29, 0.717) is 0 Å². The van der Waals surface area contributed by atoms with Crippen LogP contribution in [0.4, 0.5) is 0 Å². The van der Waals surface area contributed by atoms with Crippen LogP contribution in [-0.2, 0) is 6.42 Å². The molecule has 1 atom stereocenters. The Bertz CT molecular complexity index is 528. The fourth-order valence-electron chi connectivity index (χ4n) is 2.03. The van der Waals surface area contributed by atoms with Gasteiger partial charge in [0, 0.05) is 23.5 Å². The van der Waals surface area contributed by atoms with Gasteiger partial charge in [0.25, 0.3) is 0 Å². The van der Waals surface area contributed by atoms with Gasteiger partial charge in [-0.05, 0) is 54.7 Å². The molecule has 0 saturated carbocycles. The summed E-state index contributed by atoms with van der Waals surface area (Å²) < 4.78 is 0. The van der Waals surface area contributed by atoms with E-state index in [9.17, 15) is 0 Å². The summed E-state index contributed by atoms with van der Waals surface area (Å²) in [4.78, 5) is 4.01. The van der Waals surface area contributed by atoms with E-state index in [0.717, 1.165) is 29.0 Å². The Balaban J connectivity index is 2.05. The highest BCUT2D eigenvalue weighted by Crippen LogP contribution is 2.24. The van der Waals surface area contributed by atoms with Gasteiger partial charge in [-0.3, -0.25) is 16.3 Å². The third-order valence-corrected chi connectivity index (χ3v) is 3.68. The zero-order valence-corrected chi connectivity index (χ0v) is 11.7. The van der Waals surface area contributed by atoms with Crippen LogP contribution in [0.3, 0.4) is 0 Å². The van der Waals surface area contributed by atoms with Crippen LogP contribution in [0.1, 0.15) is 29.2 Å². The molecule has 0 bridgehead atoms. The SMILES string of the molecule is Cc1ccc(C(CCc2ccncc2)NN)cc1Cl. The highest BCUT2D eigenvalue weighted by atomic mass is 35.5. The van der Waals surface area contributed by atoms with Crippen LogP contribution in [0.15, 0.2) is 42.7 Å². The zero-order chi connectivity index (χ0) is 13.7. The number of nitrogens with one attached hydrogen (secondary N) is 1. The average Bonchev–Trinajstić information content (AvgIpc) is 2.44. The second kappa shape index (κ2) is 6.66. The molecule has 4 heteroatoms. The Labute approximate surface area is 118 Å². The number of aromatic nitrogens is 1. The van der Waals surface area contributed by atoms with E-state index in [1.165, 1.54) is 5.56 Å². The number of aryl methyl sites for hydroxylation is 2. The monoisotopic (exact) mass is 275 g/mol. The smallest absolute Gasteiger partial charge is 0.0463 e. The van der Waals surface area contributed by atoms with Gasteiger partial charge in [0.2, 0.25) is 0 Å². The lowest BCUT2D eigenvalue weighted by Crippen LogP contribution is -2.28. The van der Waals surface area contributed by atoms with Crippen LogP contribution in [0.2, 0.25) is 5.02 Å². The summed E-state index contributed by atoms with van der Waals surface area (Å²) in [6.07, 6.45) is 5.48. The molecule has 100 valence electrons. The van der Waals surface area contributed by atoms with Crippen LogP contribution in [-0.4, -0.2) is 4.98 Å². The van der Waals surface area contributed by atoms with Gasteiger partial charge in [-0.25, -0.2) is 0 Å². The molecule has 0 fully saturated rings. The van der Waals surface area contributed by atoms with Gasteiger partial charge in [0.15, 0.2) is 0 Å². The minimum atomic E-state index is 0.103. The standard InChI is InChI=1S/C15H18ClN3/c1-11-2-4-13(10-14(11)16)15(19-17)5-3-12-6-8-18-9-7-12/h2,4,6-10,15,19H,3,5,17H2,1H3. The highest BCUT2D eigenvalue weighted by molar-refractivity contribution is 6.31. The highest BCUT2D eigenvalue weighted by Gasteiger charge is 2.11. The number of benzene rings is 1. The van der Waals surface area contributed by atoms with E-state index in [2.05, 4.69) is 16.5 Å². The van der Waals surface area contributed by atoms with Crippen LogP contribution >= 0.6 is 11.6 Å². The molecular formula is C15H18ClN3. The van der Waals surface area contributed by atoms with Crippen molar-refractivity contribution in [2.75, 3.05) is 0 Å². The zero-order valence-electron chi connectivity index (χ0n) is 10.9. The Morgan fingerprint density at radius 1 is 1.26 bits per heavy atom. The van der Waals surface area contributed by atoms with E-state index in [4.69, 9.17) is 17.4 Å². The van der Waals surface area contributed by atoms with Crippen molar-refractivity contribution in [1.82, 2.24) is 10.4 Å². The topological polar surface area (TPSA) is 50.9 Å². The largest absolute Gasteiger partial charge is 0.271 e. The molecule has 1 unspecified atom stereocenters. The molecule has 0 radical (unpaired) electrons. The molecule has 0 amide bonds. The molecular weight excluding hydrogens is 258 g/mol. The first-order valence-electron chi connectivity index (χ1n) is 6.32. The second-order valence-corrected chi connectivity index (χ2v) is 5.03. The van der Waals surface area contributed by atoms with E-state index in [-0.39, 0.29) is 6.04 Å². The van der Waals surface area contributed by atoms with Crippen molar-refractivity contribution in [2.45, 2.75) is 25.8 Å². The summed E-state index contributed by atoms with van der Waals surface area (Å²) in [6, 6.07) is 10.2. The Morgan fingerprint density at radius 2 is 2.00 bits per heavy atom. The molecule has 0 spiro atoms. The van der Waals surface area contributed by atoms with Gasteiger partial charge in [0.1, 0.15) is 0 Å². The molecule has 1 aromatic carbocycles. The minimum Gasteiger partial charge on any atom is -0.271 e. The summed E-state index contributed by atoms with van der Waals surface area (Å²) >= 11 is 6.16. The van der Waals surface area contributed by atoms with Gasteiger partial charge >= 0.3 is 0 Å². The first kappa shape index (κ1) is 14.0. The molecule has 3 N–H and O–H groups in total. The predicted molar refractivity (Wildman–Crippen MR) is 78.8 cm³/mol. The van der Waals surface area contributed by atoms with E-state index in [1.807, 2.05) is 43.6 Å². The number of pyridine rings is 1. The van der Waals surface area contributed by atoms with E-state index >= 15 is 0 Å². The summed E-state index contributed by atoms with van der Waals surface area (Å²) in [6.45, 7) is 1.99. The number of nitrogens with zero attached hydrogens (tertiary/aromatic N) is 1. The first-order chi connectivity index (χ1) is 9.20. The lowest BCUT2D eigenvalue weighted by Gasteiger charge is -2.17. The Kier molecular flexibility index (Phi) is 4.91. The van der Waals surface area contributed by atoms with Gasteiger partial charge in [-0.1, -0.05) is 23.7 Å². The molecule has 0 aliphatic carbocycles. The molecule has 0 aliphatic heterocycles. The maximum atomic E-state index is 6.16. The predicted octanol–water partition coefficient (Wildman–Crippen LogP) is 3.18. The number of halogens is 1. The number of rotatable bonds is 5. The molecule has 0 saturated heterocycles. The third-order valence-electron chi connectivity index (χ3n) is 3.27. The number of hydrogen-bond donors (Lipinski definition) is 2. The van der Waals surface area contributed by atoms with Gasteiger partial charge in [0.05, 0.1) is 0 Å². The number of nitrogens with two attached hydrogens (primary N) is 1. The third kappa shape index (κ3) is 3.77. The van der Waals surface area contributed by atoms with Crippen molar-refractivity contribution in [3.05, 3.63) is 64.4 Å². The maximum absolute atomic E-state index is 6.16. The fourth-order valence-corrected chi connectivity index (χ4v) is 2.22. The second-order valence-electron chi connectivity index (χ2n) is 4.62. The van der Waals surface area contributed by atoms with E-state index < -0.39 is 0 Å². The van der Waals surface area contributed by atoms with Crippen molar-refractivity contribution in [3.8, 4) is 0 Å². The number of hydrazine groups is 1. The van der Waals surface area contributed by atoms with Crippen molar-refractivity contribution in [1.29, 1.82) is 0 Å². The molecule has 1 aromatic heterocycles. The number of hydrogen-bond acceptors (Lipinski definition) is 3. The molecule has 0 aliphatic rings. The van der Waals surface area contributed by atoms with Crippen molar-refractivity contribution >= 4 is 11.6 Å². The summed E-state index contributed by atoms with van der Waals surface area (Å²) in [5.41, 5.74) is 6.32. The summed E-state index contributed by atoms with van der Waals surface area (Å²) in [5.74, 6) is 5.65. The van der Waals surface area contributed by atoms with Crippen molar-refractivity contribution in [2.24, 2.45) is 5.84 Å². The Hall–Kier alpha value is -1.42. The minimum absolute atomic E-state index is 0.103. The summed E-state index contributed by atoms with van der Waals surface area (Å²) in [7, 11) is 0. The summed E-state index contributed by atoms with van der Waals surface area (Å²) in [5, 5.41) is 0.779. The molecule has 2 aromatic rings. The molecule has 2 rings (SSSR count). The van der Waals surface area contributed by atoms with Crippen molar-refractivity contribution in [3.63, 3.8) is 0 Å². The van der Waals surface area contributed by atoms with Gasteiger partial charge in [-0.2, -0.15) is 0 Å². The maximum Gasteiger partial charge on any atom is 0.0463 e. The lowest BCUT2D eigenvalue weighted by molar-refractivity contribution is 0.516. The molecule has 19 heavy (non-hydrogen) atoms. The fraction of sp³-hybridized carbons (Fsp3) is 0.267. The quantitative estimate of drug-likeness (QED) is 0.651. The molecule has 3 nitrogen and oxygen atoms in total. The van der Waals surface area contributed by atoms with Crippen molar-refractivity contribution < 1.29 is 0 Å². The lowest BCUT2D eigenvalue weighted by atomic mass is 9.99. The van der Waals surface area contributed by atoms with Crippen LogP contribution in [0.5, 0.6) is 0 Å². The van der Waals surface area contributed by atoms with E-state index in [1.54, 1.807) is 0 Å². The van der Waals surface area contributed by atoms with Crippen LogP contribution in [0, 0.1) is 6.92 Å². The normalized spacial score (nSPS) is 12.4. The van der Waals surface area contributed by atoms with Crippen LogP contribution in [0.25, 0.3) is 0 Å². The Morgan fingerprint density at radius 3 is 2.63 bits per heavy atom. The molecule has 1 heterocycles.